The van der Waals surface area contributed by atoms with Crippen molar-refractivity contribution in [3.63, 3.8) is 0 Å². The highest BCUT2D eigenvalue weighted by Gasteiger charge is 2.28. The molecule has 1 aliphatic heterocycles. The molecule has 1 aromatic heterocycles. The number of rotatable bonds is 3. The van der Waals surface area contributed by atoms with Gasteiger partial charge in [0.1, 0.15) is 23.4 Å². The van der Waals surface area contributed by atoms with Gasteiger partial charge in [0.2, 0.25) is 0 Å². The van der Waals surface area contributed by atoms with E-state index in [9.17, 15) is 4.79 Å². The number of nitrogens with zero attached hydrogens (tertiary/aromatic N) is 3. The van der Waals surface area contributed by atoms with Gasteiger partial charge in [-0.15, -0.1) is 6.42 Å². The molecule has 0 aliphatic carbocycles. The lowest BCUT2D eigenvalue weighted by molar-refractivity contribution is 0.0516. The summed E-state index contributed by atoms with van der Waals surface area (Å²) in [6.45, 7) is 7.79. The Morgan fingerprint density at radius 2 is 2.24 bits per heavy atom. The van der Waals surface area contributed by atoms with Crippen LogP contribution in [0.5, 0.6) is 0 Å². The number of carbonyl (C=O) groups is 1. The molecule has 1 saturated heterocycles. The SMILES string of the molecule is C#Cc1cc(N2CC(CNC(=O)OC(C)(C)C)C2)ncn1. The maximum Gasteiger partial charge on any atom is 0.407 e. The Morgan fingerprint density at radius 1 is 1.52 bits per heavy atom. The standard InChI is InChI=1S/C15H20N4O2/c1-5-12-6-13(18-10-17-12)19-8-11(9-19)7-16-14(20)21-15(2,3)4/h1,6,10-11H,7-9H2,2-4H3,(H,16,20). The van der Waals surface area contributed by atoms with Gasteiger partial charge in [0.15, 0.2) is 0 Å². The van der Waals surface area contributed by atoms with Crippen molar-refractivity contribution in [3.8, 4) is 12.3 Å². The zero-order valence-electron chi connectivity index (χ0n) is 12.6. The Hall–Kier alpha value is -2.29. The Balaban J connectivity index is 1.74. The molecule has 0 aromatic carbocycles. The first-order chi connectivity index (χ1) is 9.87. The molecule has 112 valence electrons. The van der Waals surface area contributed by atoms with Crippen molar-refractivity contribution in [1.82, 2.24) is 15.3 Å². The smallest absolute Gasteiger partial charge is 0.407 e. The van der Waals surface area contributed by atoms with Gasteiger partial charge in [-0.05, 0) is 20.8 Å². The summed E-state index contributed by atoms with van der Waals surface area (Å²) in [5, 5.41) is 2.78. The monoisotopic (exact) mass is 288 g/mol. The highest BCUT2D eigenvalue weighted by atomic mass is 16.6. The van der Waals surface area contributed by atoms with E-state index in [0.29, 0.717) is 18.2 Å². The van der Waals surface area contributed by atoms with Crippen LogP contribution >= 0.6 is 0 Å². The fourth-order valence-corrected chi connectivity index (χ4v) is 2.03. The molecular formula is C15H20N4O2. The number of alkyl carbamates (subject to hydrolysis) is 1. The number of aromatic nitrogens is 2. The van der Waals surface area contributed by atoms with Crippen molar-refractivity contribution in [2.75, 3.05) is 24.5 Å². The average molecular weight is 288 g/mol. The Labute approximate surface area is 124 Å². The van der Waals surface area contributed by atoms with Crippen molar-refractivity contribution in [1.29, 1.82) is 0 Å². The third kappa shape index (κ3) is 4.35. The third-order valence-electron chi connectivity index (χ3n) is 3.02. The molecule has 6 nitrogen and oxygen atoms in total. The van der Waals surface area contributed by atoms with Gasteiger partial charge in [-0.2, -0.15) is 0 Å². The van der Waals surface area contributed by atoms with Gasteiger partial charge >= 0.3 is 6.09 Å². The summed E-state index contributed by atoms with van der Waals surface area (Å²) in [6.07, 6.45) is 6.41. The van der Waals surface area contributed by atoms with Gasteiger partial charge in [-0.3, -0.25) is 0 Å². The Morgan fingerprint density at radius 3 is 2.86 bits per heavy atom. The van der Waals surface area contributed by atoms with Gasteiger partial charge in [0.25, 0.3) is 0 Å². The highest BCUT2D eigenvalue weighted by molar-refractivity contribution is 5.67. The van der Waals surface area contributed by atoms with Gasteiger partial charge in [-0.1, -0.05) is 5.92 Å². The van der Waals surface area contributed by atoms with Crippen LogP contribution in [0.2, 0.25) is 0 Å². The molecule has 1 aliphatic rings. The van der Waals surface area contributed by atoms with E-state index < -0.39 is 5.60 Å². The number of ether oxygens (including phenoxy) is 1. The molecular weight excluding hydrogens is 268 g/mol. The second-order valence-corrected chi connectivity index (χ2v) is 6.06. The van der Waals surface area contributed by atoms with Crippen molar-refractivity contribution in [2.45, 2.75) is 26.4 Å². The van der Waals surface area contributed by atoms with E-state index in [1.807, 2.05) is 20.8 Å². The van der Waals surface area contributed by atoms with Crippen molar-refractivity contribution in [2.24, 2.45) is 5.92 Å². The lowest BCUT2D eigenvalue weighted by atomic mass is 10.0. The minimum absolute atomic E-state index is 0.377. The van der Waals surface area contributed by atoms with Crippen LogP contribution in [0.1, 0.15) is 26.5 Å². The zero-order valence-corrected chi connectivity index (χ0v) is 12.6. The molecule has 0 saturated carbocycles. The van der Waals surface area contributed by atoms with Crippen LogP contribution in [0.15, 0.2) is 12.4 Å². The van der Waals surface area contributed by atoms with Gasteiger partial charge in [0.05, 0.1) is 0 Å². The minimum Gasteiger partial charge on any atom is -0.444 e. The predicted octanol–water partition coefficient (Wildman–Crippen LogP) is 1.42. The molecule has 1 N–H and O–H groups in total. The van der Waals surface area contributed by atoms with Crippen molar-refractivity contribution in [3.05, 3.63) is 18.1 Å². The number of amides is 1. The molecule has 6 heteroatoms. The number of terminal acetylenes is 1. The molecule has 2 heterocycles. The molecule has 21 heavy (non-hydrogen) atoms. The number of hydrogen-bond donors (Lipinski definition) is 1. The van der Waals surface area contributed by atoms with E-state index in [-0.39, 0.29) is 6.09 Å². The third-order valence-corrected chi connectivity index (χ3v) is 3.02. The van der Waals surface area contributed by atoms with Crippen LogP contribution < -0.4 is 10.2 Å². The molecule has 2 rings (SSSR count). The summed E-state index contributed by atoms with van der Waals surface area (Å²) >= 11 is 0. The second kappa shape index (κ2) is 6.00. The fraction of sp³-hybridized carbons (Fsp3) is 0.533. The summed E-state index contributed by atoms with van der Waals surface area (Å²) in [5.41, 5.74) is 0.109. The summed E-state index contributed by atoms with van der Waals surface area (Å²) in [6, 6.07) is 1.79. The quantitative estimate of drug-likeness (QED) is 0.852. The highest BCUT2D eigenvalue weighted by Crippen LogP contribution is 2.22. The van der Waals surface area contributed by atoms with Gasteiger partial charge in [0, 0.05) is 31.6 Å². The normalized spacial score (nSPS) is 15.0. The Kier molecular flexibility index (Phi) is 4.32. The van der Waals surface area contributed by atoms with E-state index in [4.69, 9.17) is 11.2 Å². The molecule has 1 fully saturated rings. The fourth-order valence-electron chi connectivity index (χ4n) is 2.03. The zero-order chi connectivity index (χ0) is 15.5. The van der Waals surface area contributed by atoms with E-state index >= 15 is 0 Å². The van der Waals surface area contributed by atoms with E-state index in [0.717, 1.165) is 18.9 Å². The van der Waals surface area contributed by atoms with E-state index in [2.05, 4.69) is 26.1 Å². The maximum absolute atomic E-state index is 11.5. The first kappa shape index (κ1) is 15.1. The molecule has 0 spiro atoms. The van der Waals surface area contributed by atoms with Crippen LogP contribution in [0, 0.1) is 18.3 Å². The van der Waals surface area contributed by atoms with E-state index in [1.165, 1.54) is 6.33 Å². The number of carbonyl (C=O) groups excluding carboxylic acids is 1. The minimum atomic E-state index is -0.470. The summed E-state index contributed by atoms with van der Waals surface area (Å²) < 4.78 is 5.19. The molecule has 0 unspecified atom stereocenters. The van der Waals surface area contributed by atoms with Gasteiger partial charge < -0.3 is 15.0 Å². The summed E-state index contributed by atoms with van der Waals surface area (Å²) in [4.78, 5) is 21.8. The van der Waals surface area contributed by atoms with E-state index in [1.54, 1.807) is 6.07 Å². The van der Waals surface area contributed by atoms with Crippen LogP contribution in [-0.4, -0.2) is 41.3 Å². The van der Waals surface area contributed by atoms with Crippen LogP contribution in [0.25, 0.3) is 0 Å². The Bertz CT molecular complexity index is 554. The van der Waals surface area contributed by atoms with Crippen molar-refractivity contribution < 1.29 is 9.53 Å². The number of hydrogen-bond acceptors (Lipinski definition) is 5. The average Bonchev–Trinajstić information content (AvgIpc) is 2.35. The molecule has 0 radical (unpaired) electrons. The maximum atomic E-state index is 11.5. The topological polar surface area (TPSA) is 67.4 Å². The van der Waals surface area contributed by atoms with Crippen LogP contribution in [0.3, 0.4) is 0 Å². The molecule has 1 aromatic rings. The molecule has 0 bridgehead atoms. The number of anilines is 1. The largest absolute Gasteiger partial charge is 0.444 e. The first-order valence-electron chi connectivity index (χ1n) is 6.88. The van der Waals surface area contributed by atoms with Crippen LogP contribution in [-0.2, 0) is 4.74 Å². The number of nitrogens with one attached hydrogen (secondary N) is 1. The molecule has 0 atom stereocenters. The first-order valence-corrected chi connectivity index (χ1v) is 6.88. The van der Waals surface area contributed by atoms with Gasteiger partial charge in [-0.25, -0.2) is 14.8 Å². The molecule has 1 amide bonds. The summed E-state index contributed by atoms with van der Waals surface area (Å²) in [7, 11) is 0. The van der Waals surface area contributed by atoms with Crippen LogP contribution in [0.4, 0.5) is 10.6 Å². The lowest BCUT2D eigenvalue weighted by Gasteiger charge is -2.40. The lowest BCUT2D eigenvalue weighted by Crippen LogP contribution is -2.52. The van der Waals surface area contributed by atoms with Crippen molar-refractivity contribution >= 4 is 11.9 Å². The second-order valence-electron chi connectivity index (χ2n) is 6.06. The summed E-state index contributed by atoms with van der Waals surface area (Å²) in [5.74, 6) is 3.71. The predicted molar refractivity (Wildman–Crippen MR) is 79.9 cm³/mol.